The molecular formula is C15H21NO2S. The topological polar surface area (TPSA) is 49.3 Å². The smallest absolute Gasteiger partial charge is 0.251 e. The van der Waals surface area contributed by atoms with Crippen LogP contribution in [0.2, 0.25) is 0 Å². The van der Waals surface area contributed by atoms with Gasteiger partial charge in [0, 0.05) is 11.3 Å². The number of benzene rings is 1. The van der Waals surface area contributed by atoms with E-state index in [2.05, 4.69) is 11.6 Å². The Labute approximate surface area is 118 Å². The van der Waals surface area contributed by atoms with Crippen molar-refractivity contribution < 1.29 is 9.90 Å². The monoisotopic (exact) mass is 279 g/mol. The lowest BCUT2D eigenvalue weighted by Crippen LogP contribution is -2.45. The number of amides is 1. The molecule has 0 saturated heterocycles. The molecule has 0 aromatic heterocycles. The Hall–Kier alpha value is -1.00. The van der Waals surface area contributed by atoms with Gasteiger partial charge in [0.15, 0.2) is 0 Å². The van der Waals surface area contributed by atoms with Gasteiger partial charge in [-0.05, 0) is 36.8 Å². The lowest BCUT2D eigenvalue weighted by atomic mass is 9.92. The van der Waals surface area contributed by atoms with Crippen LogP contribution >= 0.6 is 11.8 Å². The second-order valence-electron chi connectivity index (χ2n) is 5.06. The van der Waals surface area contributed by atoms with Crippen LogP contribution in [0.1, 0.15) is 41.6 Å². The van der Waals surface area contributed by atoms with E-state index >= 15 is 0 Å². The summed E-state index contributed by atoms with van der Waals surface area (Å²) >= 11 is 1.76. The third kappa shape index (κ3) is 3.98. The average molecular weight is 279 g/mol. The predicted octanol–water partition coefficient (Wildman–Crippen LogP) is 2.58. The van der Waals surface area contributed by atoms with Gasteiger partial charge in [-0.25, -0.2) is 0 Å². The summed E-state index contributed by atoms with van der Waals surface area (Å²) in [6.07, 6.45) is 5.46. The third-order valence-electron chi connectivity index (χ3n) is 3.57. The molecule has 104 valence electrons. The van der Waals surface area contributed by atoms with E-state index in [1.807, 2.05) is 24.3 Å². The van der Waals surface area contributed by atoms with Gasteiger partial charge in [-0.3, -0.25) is 4.79 Å². The normalized spacial score (nSPS) is 23.1. The maximum atomic E-state index is 12.1. The van der Waals surface area contributed by atoms with E-state index in [1.54, 1.807) is 11.8 Å². The molecule has 1 aliphatic rings. The number of carbonyl (C=O) groups excluding carboxylic acids is 1. The lowest BCUT2D eigenvalue weighted by molar-refractivity contribution is 0.0717. The molecule has 0 spiro atoms. The Kier molecular flexibility index (Phi) is 5.28. The van der Waals surface area contributed by atoms with E-state index in [0.29, 0.717) is 5.56 Å². The van der Waals surface area contributed by atoms with Crippen molar-refractivity contribution >= 4 is 17.7 Å². The molecule has 1 amide bonds. The maximum absolute atomic E-state index is 12.1. The van der Waals surface area contributed by atoms with E-state index in [9.17, 15) is 9.90 Å². The quantitative estimate of drug-likeness (QED) is 0.890. The van der Waals surface area contributed by atoms with Crippen LogP contribution in [0.3, 0.4) is 0 Å². The van der Waals surface area contributed by atoms with Crippen molar-refractivity contribution in [2.45, 2.75) is 43.6 Å². The van der Waals surface area contributed by atoms with Gasteiger partial charge in [0.25, 0.3) is 5.91 Å². The first-order chi connectivity index (χ1) is 9.20. The van der Waals surface area contributed by atoms with Gasteiger partial charge < -0.3 is 10.4 Å². The van der Waals surface area contributed by atoms with Gasteiger partial charge in [-0.2, -0.15) is 11.8 Å². The standard InChI is InChI=1S/C15H21NO2S/c1-19-10-11-6-8-12(9-7-11)15(18)16-13-4-2-3-5-14(13)17/h6-9,13-14,17H,2-5,10H2,1H3,(H,16,18)/t13-,14-/m1/s1. The Morgan fingerprint density at radius 1 is 1.32 bits per heavy atom. The van der Waals surface area contributed by atoms with E-state index in [-0.39, 0.29) is 11.9 Å². The van der Waals surface area contributed by atoms with Crippen LogP contribution in [0, 0.1) is 0 Å². The Morgan fingerprint density at radius 2 is 2.00 bits per heavy atom. The average Bonchev–Trinajstić information content (AvgIpc) is 2.42. The fourth-order valence-electron chi connectivity index (χ4n) is 2.45. The summed E-state index contributed by atoms with van der Waals surface area (Å²) in [4.78, 5) is 12.1. The number of carbonyl (C=O) groups is 1. The number of aliphatic hydroxyl groups excluding tert-OH is 1. The highest BCUT2D eigenvalue weighted by Crippen LogP contribution is 2.19. The molecule has 19 heavy (non-hydrogen) atoms. The number of rotatable bonds is 4. The summed E-state index contributed by atoms with van der Waals surface area (Å²) in [5, 5.41) is 12.8. The van der Waals surface area contributed by atoms with Crippen LogP contribution in [0.15, 0.2) is 24.3 Å². The molecule has 2 atom stereocenters. The maximum Gasteiger partial charge on any atom is 0.251 e. The minimum Gasteiger partial charge on any atom is -0.391 e. The van der Waals surface area contributed by atoms with Crippen LogP contribution in [-0.4, -0.2) is 29.4 Å². The fraction of sp³-hybridized carbons (Fsp3) is 0.533. The highest BCUT2D eigenvalue weighted by Gasteiger charge is 2.24. The first-order valence-corrected chi connectivity index (χ1v) is 8.17. The zero-order valence-electron chi connectivity index (χ0n) is 11.3. The van der Waals surface area contributed by atoms with E-state index in [4.69, 9.17) is 0 Å². The zero-order valence-corrected chi connectivity index (χ0v) is 12.1. The summed E-state index contributed by atoms with van der Waals surface area (Å²) < 4.78 is 0. The largest absolute Gasteiger partial charge is 0.391 e. The molecule has 1 fully saturated rings. The predicted molar refractivity (Wildman–Crippen MR) is 79.4 cm³/mol. The number of thioether (sulfide) groups is 1. The zero-order chi connectivity index (χ0) is 13.7. The molecular weight excluding hydrogens is 258 g/mol. The molecule has 0 radical (unpaired) electrons. The summed E-state index contributed by atoms with van der Waals surface area (Å²) in [6.45, 7) is 0. The second-order valence-corrected chi connectivity index (χ2v) is 5.93. The molecule has 0 bridgehead atoms. The fourth-order valence-corrected chi connectivity index (χ4v) is 2.98. The van der Waals surface area contributed by atoms with Crippen LogP contribution in [0.4, 0.5) is 0 Å². The number of nitrogens with one attached hydrogen (secondary N) is 1. The Morgan fingerprint density at radius 3 is 2.63 bits per heavy atom. The molecule has 1 aliphatic carbocycles. The Bertz CT molecular complexity index is 419. The van der Waals surface area contributed by atoms with Crippen molar-refractivity contribution in [3.63, 3.8) is 0 Å². The van der Waals surface area contributed by atoms with E-state index in [1.165, 1.54) is 5.56 Å². The highest BCUT2D eigenvalue weighted by molar-refractivity contribution is 7.97. The summed E-state index contributed by atoms with van der Waals surface area (Å²) in [5.74, 6) is 0.880. The molecule has 2 rings (SSSR count). The summed E-state index contributed by atoms with van der Waals surface area (Å²) in [5.41, 5.74) is 1.89. The molecule has 4 heteroatoms. The van der Waals surface area contributed by atoms with E-state index in [0.717, 1.165) is 31.4 Å². The SMILES string of the molecule is CSCc1ccc(C(=O)N[C@@H]2CCCC[C@H]2O)cc1. The molecule has 0 aliphatic heterocycles. The van der Waals surface area contributed by atoms with Crippen molar-refractivity contribution in [3.8, 4) is 0 Å². The Balaban J connectivity index is 1.95. The minimum atomic E-state index is -0.395. The summed E-state index contributed by atoms with van der Waals surface area (Å²) in [7, 11) is 0. The summed E-state index contributed by atoms with van der Waals surface area (Å²) in [6, 6.07) is 7.60. The molecule has 1 aromatic rings. The number of aliphatic hydroxyl groups is 1. The molecule has 2 N–H and O–H groups in total. The van der Waals surface area contributed by atoms with Gasteiger partial charge in [-0.1, -0.05) is 25.0 Å². The molecule has 0 heterocycles. The first kappa shape index (κ1) is 14.4. The van der Waals surface area contributed by atoms with Gasteiger partial charge in [0.1, 0.15) is 0 Å². The van der Waals surface area contributed by atoms with Crippen LogP contribution in [0.5, 0.6) is 0 Å². The van der Waals surface area contributed by atoms with Crippen molar-refractivity contribution in [3.05, 3.63) is 35.4 Å². The molecule has 3 nitrogen and oxygen atoms in total. The highest BCUT2D eigenvalue weighted by atomic mass is 32.2. The molecule has 0 unspecified atom stereocenters. The van der Waals surface area contributed by atoms with E-state index < -0.39 is 6.10 Å². The number of hydrogen-bond acceptors (Lipinski definition) is 3. The van der Waals surface area contributed by atoms with Gasteiger partial charge in [-0.15, -0.1) is 0 Å². The van der Waals surface area contributed by atoms with Gasteiger partial charge in [0.05, 0.1) is 12.1 Å². The molecule has 1 saturated carbocycles. The van der Waals surface area contributed by atoms with Crippen molar-refractivity contribution in [2.75, 3.05) is 6.26 Å². The first-order valence-electron chi connectivity index (χ1n) is 6.77. The second kappa shape index (κ2) is 6.96. The van der Waals surface area contributed by atoms with Gasteiger partial charge >= 0.3 is 0 Å². The van der Waals surface area contributed by atoms with Crippen molar-refractivity contribution in [1.29, 1.82) is 0 Å². The lowest BCUT2D eigenvalue weighted by Gasteiger charge is -2.28. The van der Waals surface area contributed by atoms with Crippen LogP contribution < -0.4 is 5.32 Å². The minimum absolute atomic E-state index is 0.0818. The van der Waals surface area contributed by atoms with Crippen LogP contribution in [-0.2, 0) is 5.75 Å². The number of hydrogen-bond donors (Lipinski definition) is 2. The third-order valence-corrected chi connectivity index (χ3v) is 4.20. The van der Waals surface area contributed by atoms with Crippen LogP contribution in [0.25, 0.3) is 0 Å². The van der Waals surface area contributed by atoms with Crippen molar-refractivity contribution in [1.82, 2.24) is 5.32 Å². The van der Waals surface area contributed by atoms with Crippen molar-refractivity contribution in [2.24, 2.45) is 0 Å². The molecule has 1 aromatic carbocycles. The van der Waals surface area contributed by atoms with Gasteiger partial charge in [0.2, 0.25) is 0 Å².